The van der Waals surface area contributed by atoms with Gasteiger partial charge in [-0.2, -0.15) is 0 Å². The molecule has 26 heavy (non-hydrogen) atoms. The third-order valence-electron chi connectivity index (χ3n) is 3.72. The third kappa shape index (κ3) is 4.35. The summed E-state index contributed by atoms with van der Waals surface area (Å²) in [5.74, 6) is 0.669. The molecule has 0 atom stereocenters. The van der Waals surface area contributed by atoms with Gasteiger partial charge < -0.3 is 19.5 Å². The standard InChI is InChI=1S/C19H18BrNO5/c1-2-24-19(23)12-4-3-5-14(8-12)21-18(22)10-13-9-16-17(11-15(13)20)26-7-6-25-16/h3-5,8-9,11H,2,6-7,10H2,1H3,(H,21,22). The summed E-state index contributed by atoms with van der Waals surface area (Å²) in [7, 11) is 0. The van der Waals surface area contributed by atoms with Crippen molar-refractivity contribution >= 4 is 33.5 Å². The Hall–Kier alpha value is -2.54. The number of anilines is 1. The van der Waals surface area contributed by atoms with E-state index in [-0.39, 0.29) is 12.3 Å². The first kappa shape index (κ1) is 18.3. The highest BCUT2D eigenvalue weighted by Crippen LogP contribution is 2.35. The minimum Gasteiger partial charge on any atom is -0.486 e. The summed E-state index contributed by atoms with van der Waals surface area (Å²) >= 11 is 3.46. The van der Waals surface area contributed by atoms with Crippen LogP contribution in [0, 0.1) is 0 Å². The Labute approximate surface area is 159 Å². The molecule has 0 fully saturated rings. The first-order valence-corrected chi connectivity index (χ1v) is 9.01. The molecule has 6 nitrogen and oxygen atoms in total. The summed E-state index contributed by atoms with van der Waals surface area (Å²) in [6.07, 6.45) is 0.154. The van der Waals surface area contributed by atoms with Crippen LogP contribution in [0.2, 0.25) is 0 Å². The zero-order chi connectivity index (χ0) is 18.5. The van der Waals surface area contributed by atoms with Gasteiger partial charge in [-0.05, 0) is 42.8 Å². The number of carbonyl (C=O) groups excluding carboxylic acids is 2. The summed E-state index contributed by atoms with van der Waals surface area (Å²) < 4.78 is 16.8. The normalized spacial score (nSPS) is 12.4. The molecule has 0 saturated carbocycles. The van der Waals surface area contributed by atoms with Crippen molar-refractivity contribution in [1.29, 1.82) is 0 Å². The van der Waals surface area contributed by atoms with Gasteiger partial charge in [-0.1, -0.05) is 22.0 Å². The second-order valence-electron chi connectivity index (χ2n) is 5.61. The zero-order valence-corrected chi connectivity index (χ0v) is 15.8. The monoisotopic (exact) mass is 419 g/mol. The lowest BCUT2D eigenvalue weighted by Crippen LogP contribution is -2.17. The molecule has 0 unspecified atom stereocenters. The molecule has 2 aromatic rings. The van der Waals surface area contributed by atoms with Crippen LogP contribution in [0.15, 0.2) is 40.9 Å². The summed E-state index contributed by atoms with van der Waals surface area (Å²) in [4.78, 5) is 24.2. The van der Waals surface area contributed by atoms with Crippen LogP contribution in [0.3, 0.4) is 0 Å². The van der Waals surface area contributed by atoms with E-state index >= 15 is 0 Å². The van der Waals surface area contributed by atoms with Gasteiger partial charge in [-0.25, -0.2) is 4.79 Å². The molecule has 136 valence electrons. The van der Waals surface area contributed by atoms with E-state index in [0.29, 0.717) is 42.6 Å². The highest BCUT2D eigenvalue weighted by molar-refractivity contribution is 9.10. The molecule has 1 aliphatic rings. The van der Waals surface area contributed by atoms with E-state index in [1.54, 1.807) is 43.3 Å². The fraction of sp³-hybridized carbons (Fsp3) is 0.263. The van der Waals surface area contributed by atoms with Gasteiger partial charge in [0.1, 0.15) is 13.2 Å². The quantitative estimate of drug-likeness (QED) is 0.749. The van der Waals surface area contributed by atoms with Gasteiger partial charge in [-0.3, -0.25) is 4.79 Å². The van der Waals surface area contributed by atoms with E-state index < -0.39 is 5.97 Å². The number of nitrogens with one attached hydrogen (secondary N) is 1. The molecule has 1 amide bonds. The number of fused-ring (bicyclic) bond motifs is 1. The number of halogens is 1. The molecule has 0 spiro atoms. The van der Waals surface area contributed by atoms with Crippen molar-refractivity contribution in [2.45, 2.75) is 13.3 Å². The first-order chi connectivity index (χ1) is 12.6. The summed E-state index contributed by atoms with van der Waals surface area (Å²) in [6.45, 7) is 3.04. The molecule has 7 heteroatoms. The van der Waals surface area contributed by atoms with Crippen molar-refractivity contribution in [3.05, 3.63) is 52.0 Å². The van der Waals surface area contributed by atoms with E-state index in [4.69, 9.17) is 14.2 Å². The zero-order valence-electron chi connectivity index (χ0n) is 14.2. The second-order valence-corrected chi connectivity index (χ2v) is 6.47. The summed E-state index contributed by atoms with van der Waals surface area (Å²) in [5, 5.41) is 2.80. The maximum atomic E-state index is 12.4. The molecular weight excluding hydrogens is 402 g/mol. The van der Waals surface area contributed by atoms with Crippen molar-refractivity contribution in [3.8, 4) is 11.5 Å². The fourth-order valence-corrected chi connectivity index (χ4v) is 3.02. The lowest BCUT2D eigenvalue weighted by atomic mass is 10.1. The van der Waals surface area contributed by atoms with Crippen LogP contribution in [0.1, 0.15) is 22.8 Å². The molecule has 1 heterocycles. The fourth-order valence-electron chi connectivity index (χ4n) is 2.56. The topological polar surface area (TPSA) is 73.9 Å². The van der Waals surface area contributed by atoms with Crippen LogP contribution in [0.5, 0.6) is 11.5 Å². The number of ether oxygens (including phenoxy) is 3. The first-order valence-electron chi connectivity index (χ1n) is 8.22. The number of rotatable bonds is 5. The molecule has 0 radical (unpaired) electrons. The molecular formula is C19H18BrNO5. The minimum absolute atomic E-state index is 0.154. The highest BCUT2D eigenvalue weighted by atomic mass is 79.9. The van der Waals surface area contributed by atoms with Gasteiger partial charge >= 0.3 is 5.97 Å². The number of carbonyl (C=O) groups is 2. The Balaban J connectivity index is 1.70. The van der Waals surface area contributed by atoms with Crippen molar-refractivity contribution in [2.24, 2.45) is 0 Å². The third-order valence-corrected chi connectivity index (χ3v) is 4.46. The number of amides is 1. The van der Waals surface area contributed by atoms with Gasteiger partial charge in [0.25, 0.3) is 0 Å². The van der Waals surface area contributed by atoms with Crippen molar-refractivity contribution in [1.82, 2.24) is 0 Å². The molecule has 1 aliphatic heterocycles. The Morgan fingerprint density at radius 3 is 2.62 bits per heavy atom. The predicted octanol–water partition coefficient (Wildman–Crippen LogP) is 3.58. The molecule has 0 aliphatic carbocycles. The maximum absolute atomic E-state index is 12.4. The molecule has 0 saturated heterocycles. The van der Waals surface area contributed by atoms with Crippen molar-refractivity contribution in [2.75, 3.05) is 25.1 Å². The van der Waals surface area contributed by atoms with Gasteiger partial charge in [0.05, 0.1) is 18.6 Å². The second kappa shape index (κ2) is 8.23. The summed E-state index contributed by atoms with van der Waals surface area (Å²) in [5.41, 5.74) is 1.72. The average Bonchev–Trinajstić information content (AvgIpc) is 2.62. The molecule has 0 aromatic heterocycles. The van der Waals surface area contributed by atoms with E-state index in [1.165, 1.54) is 0 Å². The molecule has 3 rings (SSSR count). The number of hydrogen-bond donors (Lipinski definition) is 1. The SMILES string of the molecule is CCOC(=O)c1cccc(NC(=O)Cc2cc3c(cc2Br)OCCO3)c1. The van der Waals surface area contributed by atoms with Gasteiger partial charge in [0.15, 0.2) is 11.5 Å². The number of hydrogen-bond acceptors (Lipinski definition) is 5. The van der Waals surface area contributed by atoms with Gasteiger partial charge in [0.2, 0.25) is 5.91 Å². The highest BCUT2D eigenvalue weighted by Gasteiger charge is 2.17. The Kier molecular flexibility index (Phi) is 5.78. The minimum atomic E-state index is -0.418. The average molecular weight is 420 g/mol. The van der Waals surface area contributed by atoms with E-state index in [1.807, 2.05) is 0 Å². The van der Waals surface area contributed by atoms with Crippen LogP contribution < -0.4 is 14.8 Å². The van der Waals surface area contributed by atoms with E-state index in [9.17, 15) is 9.59 Å². The van der Waals surface area contributed by atoms with Gasteiger partial charge in [-0.15, -0.1) is 0 Å². The Morgan fingerprint density at radius 1 is 1.15 bits per heavy atom. The lowest BCUT2D eigenvalue weighted by molar-refractivity contribution is -0.115. The lowest BCUT2D eigenvalue weighted by Gasteiger charge is -2.19. The van der Waals surface area contributed by atoms with Gasteiger partial charge in [0, 0.05) is 10.2 Å². The van der Waals surface area contributed by atoms with Crippen LogP contribution >= 0.6 is 15.9 Å². The Bertz CT molecular complexity index is 837. The van der Waals surface area contributed by atoms with Crippen molar-refractivity contribution < 1.29 is 23.8 Å². The molecule has 1 N–H and O–H groups in total. The Morgan fingerprint density at radius 2 is 1.88 bits per heavy atom. The van der Waals surface area contributed by atoms with E-state index in [0.717, 1.165) is 10.0 Å². The number of esters is 1. The molecule has 0 bridgehead atoms. The largest absolute Gasteiger partial charge is 0.486 e. The maximum Gasteiger partial charge on any atom is 0.338 e. The van der Waals surface area contributed by atoms with Crippen LogP contribution in [0.25, 0.3) is 0 Å². The predicted molar refractivity (Wildman–Crippen MR) is 99.9 cm³/mol. The van der Waals surface area contributed by atoms with Crippen molar-refractivity contribution in [3.63, 3.8) is 0 Å². The number of benzene rings is 2. The van der Waals surface area contributed by atoms with E-state index in [2.05, 4.69) is 21.2 Å². The molecule has 2 aromatic carbocycles. The van der Waals surface area contributed by atoms with Crippen LogP contribution in [0.4, 0.5) is 5.69 Å². The van der Waals surface area contributed by atoms with Crippen LogP contribution in [-0.2, 0) is 16.0 Å². The smallest absolute Gasteiger partial charge is 0.338 e. The van der Waals surface area contributed by atoms with Crippen LogP contribution in [-0.4, -0.2) is 31.7 Å². The summed E-state index contributed by atoms with van der Waals surface area (Å²) in [6, 6.07) is 10.3.